The fourth-order valence-electron chi connectivity index (χ4n) is 8.65. The molecule has 0 radical (unpaired) electrons. The molecule has 0 fully saturated rings. The average molecular weight is 892 g/mol. The molecule has 0 aromatic carbocycles. The minimum Gasteiger partial charge on any atom is -0.462 e. The third-order valence-corrected chi connectivity index (χ3v) is 12.9. The van der Waals surface area contributed by atoms with Crippen molar-refractivity contribution in [3.63, 3.8) is 0 Å². The van der Waals surface area contributed by atoms with E-state index >= 15 is 0 Å². The molecule has 6 heteroatoms. The topological polar surface area (TPSA) is 78.9 Å². The summed E-state index contributed by atoms with van der Waals surface area (Å²) in [5.74, 6) is 1.61. The van der Waals surface area contributed by atoms with E-state index in [9.17, 15) is 14.4 Å². The molecule has 0 unspecified atom stereocenters. The van der Waals surface area contributed by atoms with E-state index in [1.807, 2.05) is 0 Å². The van der Waals surface area contributed by atoms with Gasteiger partial charge in [-0.2, -0.15) is 0 Å². The molecule has 0 amide bonds. The zero-order valence-corrected chi connectivity index (χ0v) is 43.4. The van der Waals surface area contributed by atoms with Crippen molar-refractivity contribution in [3.05, 3.63) is 0 Å². The van der Waals surface area contributed by atoms with Crippen molar-refractivity contribution in [1.29, 1.82) is 0 Å². The highest BCUT2D eigenvalue weighted by atomic mass is 16.6. The van der Waals surface area contributed by atoms with E-state index in [1.165, 1.54) is 193 Å². The van der Waals surface area contributed by atoms with Crippen molar-refractivity contribution in [2.24, 2.45) is 17.8 Å². The van der Waals surface area contributed by atoms with Gasteiger partial charge in [0.2, 0.25) is 0 Å². The molecule has 1 atom stereocenters. The van der Waals surface area contributed by atoms with Crippen LogP contribution in [0.2, 0.25) is 0 Å². The number of ether oxygens (including phenoxy) is 3. The number of esters is 3. The fourth-order valence-corrected chi connectivity index (χ4v) is 8.65. The Balaban J connectivity index is 4.22. The van der Waals surface area contributed by atoms with E-state index < -0.39 is 6.10 Å². The molecule has 0 N–H and O–H groups in total. The smallest absolute Gasteiger partial charge is 0.306 e. The SMILES string of the molecule is CC(C)CCCCCCCCCCCCCCCCCCC(=O)OC[C@H](COC(=O)CCCCCCCCC(C)C)OC(=O)CCCCCCCCCCCCCCCCC(C)C. The first kappa shape index (κ1) is 61.4. The number of hydrogen-bond donors (Lipinski definition) is 0. The second kappa shape index (κ2) is 48.3. The zero-order valence-electron chi connectivity index (χ0n) is 43.4. The van der Waals surface area contributed by atoms with Crippen molar-refractivity contribution >= 4 is 17.9 Å². The van der Waals surface area contributed by atoms with Crippen LogP contribution in [0.5, 0.6) is 0 Å². The molecular weight excluding hydrogens is 781 g/mol. The molecule has 0 spiro atoms. The lowest BCUT2D eigenvalue weighted by Gasteiger charge is -2.18. The minimum absolute atomic E-state index is 0.0645. The van der Waals surface area contributed by atoms with E-state index in [0.29, 0.717) is 19.3 Å². The van der Waals surface area contributed by atoms with Crippen LogP contribution in [0, 0.1) is 17.8 Å². The highest BCUT2D eigenvalue weighted by molar-refractivity contribution is 5.71. The molecule has 0 rings (SSSR count). The van der Waals surface area contributed by atoms with Crippen LogP contribution in [0.3, 0.4) is 0 Å². The number of hydrogen-bond acceptors (Lipinski definition) is 6. The lowest BCUT2D eigenvalue weighted by Crippen LogP contribution is -2.30. The van der Waals surface area contributed by atoms with Gasteiger partial charge in [0.15, 0.2) is 6.10 Å². The zero-order chi connectivity index (χ0) is 46.3. The molecule has 6 nitrogen and oxygen atoms in total. The Bertz CT molecular complexity index is 976. The van der Waals surface area contributed by atoms with E-state index in [2.05, 4.69) is 41.5 Å². The highest BCUT2D eigenvalue weighted by Crippen LogP contribution is 2.18. The van der Waals surface area contributed by atoms with Crippen LogP contribution in [-0.4, -0.2) is 37.2 Å². The van der Waals surface area contributed by atoms with Gasteiger partial charge in [0.25, 0.3) is 0 Å². The molecule has 63 heavy (non-hydrogen) atoms. The van der Waals surface area contributed by atoms with Crippen molar-refractivity contribution in [3.8, 4) is 0 Å². The maximum Gasteiger partial charge on any atom is 0.306 e. The maximum atomic E-state index is 12.8. The summed E-state index contributed by atoms with van der Waals surface area (Å²) in [6.07, 6.45) is 49.7. The molecule has 0 aliphatic rings. The molecule has 374 valence electrons. The molecule has 0 aromatic heterocycles. The third-order valence-electron chi connectivity index (χ3n) is 12.9. The second-order valence-electron chi connectivity index (χ2n) is 21.0. The third kappa shape index (κ3) is 51.3. The van der Waals surface area contributed by atoms with E-state index in [4.69, 9.17) is 14.2 Å². The van der Waals surface area contributed by atoms with E-state index in [0.717, 1.165) is 75.5 Å². The Morgan fingerprint density at radius 1 is 0.270 bits per heavy atom. The second-order valence-corrected chi connectivity index (χ2v) is 21.0. The summed E-state index contributed by atoms with van der Waals surface area (Å²) >= 11 is 0. The molecule has 0 aliphatic carbocycles. The molecule has 0 aliphatic heterocycles. The van der Waals surface area contributed by atoms with Gasteiger partial charge in [-0.3, -0.25) is 14.4 Å². The Hall–Kier alpha value is -1.59. The number of carbonyl (C=O) groups is 3. The quantitative estimate of drug-likeness (QED) is 0.0344. The Kier molecular flexibility index (Phi) is 47.1. The Morgan fingerprint density at radius 3 is 0.683 bits per heavy atom. The molecule has 0 bridgehead atoms. The summed E-state index contributed by atoms with van der Waals surface area (Å²) < 4.78 is 16.8. The first-order valence-corrected chi connectivity index (χ1v) is 28.1. The van der Waals surface area contributed by atoms with Crippen LogP contribution < -0.4 is 0 Å². The molecular formula is C57H110O6. The highest BCUT2D eigenvalue weighted by Gasteiger charge is 2.19. The fraction of sp³-hybridized carbons (Fsp3) is 0.947. The van der Waals surface area contributed by atoms with Gasteiger partial charge in [0.1, 0.15) is 13.2 Å². The van der Waals surface area contributed by atoms with Gasteiger partial charge in [0.05, 0.1) is 0 Å². The predicted molar refractivity (Wildman–Crippen MR) is 270 cm³/mol. The first-order valence-electron chi connectivity index (χ1n) is 28.1. The summed E-state index contributed by atoms with van der Waals surface area (Å²) in [5.41, 5.74) is 0. The van der Waals surface area contributed by atoms with Crippen LogP contribution in [0.15, 0.2) is 0 Å². The summed E-state index contributed by atoms with van der Waals surface area (Å²) in [6.45, 7) is 13.7. The van der Waals surface area contributed by atoms with Gasteiger partial charge >= 0.3 is 17.9 Å². The van der Waals surface area contributed by atoms with Gasteiger partial charge in [-0.15, -0.1) is 0 Å². The lowest BCUT2D eigenvalue weighted by molar-refractivity contribution is -0.167. The van der Waals surface area contributed by atoms with E-state index in [-0.39, 0.29) is 31.1 Å². The van der Waals surface area contributed by atoms with Crippen LogP contribution in [-0.2, 0) is 28.6 Å². The van der Waals surface area contributed by atoms with Crippen molar-refractivity contribution in [2.75, 3.05) is 13.2 Å². The standard InChI is InChI=1S/C57H110O6/c1-51(2)43-37-31-25-21-17-13-9-7-8-10-15-19-23-27-34-40-46-55(58)61-49-54(50-62-56(59)47-41-35-30-29-33-39-45-53(5)6)63-57(60)48-42-36-28-24-20-16-12-11-14-18-22-26-32-38-44-52(3)4/h51-54H,7-50H2,1-6H3/t54-/m1/s1. The summed E-state index contributed by atoms with van der Waals surface area (Å²) in [6, 6.07) is 0. The van der Waals surface area contributed by atoms with Crippen molar-refractivity contribution in [1.82, 2.24) is 0 Å². The monoisotopic (exact) mass is 891 g/mol. The summed E-state index contributed by atoms with van der Waals surface area (Å²) in [7, 11) is 0. The van der Waals surface area contributed by atoms with Crippen LogP contribution in [0.25, 0.3) is 0 Å². The number of rotatable bonds is 50. The van der Waals surface area contributed by atoms with E-state index in [1.54, 1.807) is 0 Å². The van der Waals surface area contributed by atoms with Crippen molar-refractivity contribution < 1.29 is 28.6 Å². The summed E-state index contributed by atoms with van der Waals surface area (Å²) in [5, 5.41) is 0. The van der Waals surface area contributed by atoms with Gasteiger partial charge in [-0.05, 0) is 37.0 Å². The Morgan fingerprint density at radius 2 is 0.460 bits per heavy atom. The Labute approximate surface area is 393 Å². The lowest BCUT2D eigenvalue weighted by atomic mass is 10.0. The van der Waals surface area contributed by atoms with Gasteiger partial charge in [0, 0.05) is 19.3 Å². The van der Waals surface area contributed by atoms with Crippen LogP contribution in [0.4, 0.5) is 0 Å². The molecule has 0 heterocycles. The predicted octanol–water partition coefficient (Wildman–Crippen LogP) is 18.3. The maximum absolute atomic E-state index is 12.8. The van der Waals surface area contributed by atoms with Crippen molar-refractivity contribution in [2.45, 2.75) is 317 Å². The van der Waals surface area contributed by atoms with Crippen LogP contribution >= 0.6 is 0 Å². The summed E-state index contributed by atoms with van der Waals surface area (Å²) in [4.78, 5) is 38.0. The van der Waals surface area contributed by atoms with Gasteiger partial charge < -0.3 is 14.2 Å². The largest absolute Gasteiger partial charge is 0.462 e. The minimum atomic E-state index is -0.763. The molecule has 0 saturated heterocycles. The van der Waals surface area contributed by atoms with Gasteiger partial charge in [-0.25, -0.2) is 0 Å². The van der Waals surface area contributed by atoms with Gasteiger partial charge in [-0.1, -0.05) is 273 Å². The molecule has 0 saturated carbocycles. The number of carbonyl (C=O) groups excluding carboxylic acids is 3. The molecule has 0 aromatic rings. The average Bonchev–Trinajstić information content (AvgIpc) is 3.24. The first-order chi connectivity index (χ1) is 30.6. The number of unbranched alkanes of at least 4 members (excludes halogenated alkanes) is 33. The normalized spacial score (nSPS) is 12.1. The van der Waals surface area contributed by atoms with Crippen LogP contribution in [0.1, 0.15) is 311 Å².